The molecule has 0 saturated carbocycles. The average Bonchev–Trinajstić information content (AvgIpc) is 2.81. The van der Waals surface area contributed by atoms with Crippen LogP contribution in [0, 0.1) is 0 Å². The molecule has 0 spiro atoms. The van der Waals surface area contributed by atoms with Crippen LogP contribution in [0.5, 0.6) is 0 Å². The molecule has 3 atom stereocenters. The van der Waals surface area contributed by atoms with Crippen molar-refractivity contribution in [3.8, 4) is 0 Å². The number of benzene rings is 4. The molecule has 4 rings (SSSR count). The topological polar surface area (TPSA) is 34.1 Å². The molecule has 3 unspecified atom stereocenters. The summed E-state index contributed by atoms with van der Waals surface area (Å²) in [5.74, 6) is 0. The van der Waals surface area contributed by atoms with E-state index < -0.39 is 26.8 Å². The van der Waals surface area contributed by atoms with Crippen molar-refractivity contribution in [2.24, 2.45) is 0 Å². The largest absolute Gasteiger partial charge is 0.253 e. The highest BCUT2D eigenvalue weighted by molar-refractivity contribution is 7.86. The monoisotopic (exact) mass is 416 g/mol. The lowest BCUT2D eigenvalue weighted by Crippen LogP contribution is -2.12. The molecule has 0 radical (unpaired) electrons. The molecular weight excluding hydrogens is 396 g/mol. The van der Waals surface area contributed by atoms with Crippen LogP contribution >= 0.6 is 0 Å². The van der Waals surface area contributed by atoms with Gasteiger partial charge in [0, 0.05) is 14.7 Å². The first-order valence-corrected chi connectivity index (χ1v) is 11.7. The lowest BCUT2D eigenvalue weighted by Gasteiger charge is -2.21. The molecule has 0 aliphatic rings. The van der Waals surface area contributed by atoms with Crippen molar-refractivity contribution >= 4 is 21.6 Å². The lowest BCUT2D eigenvalue weighted by molar-refractivity contribution is 0.676. The summed E-state index contributed by atoms with van der Waals surface area (Å²) in [7, 11) is -2.70. The van der Waals surface area contributed by atoms with E-state index in [9.17, 15) is 8.42 Å². The molecule has 0 aromatic heterocycles. The van der Waals surface area contributed by atoms with E-state index in [1.54, 1.807) is 0 Å². The predicted octanol–water partition coefficient (Wildman–Crippen LogP) is 5.75. The molecule has 4 aromatic rings. The van der Waals surface area contributed by atoms with Gasteiger partial charge in [0.25, 0.3) is 0 Å². The first-order chi connectivity index (χ1) is 14.3. The van der Waals surface area contributed by atoms with Crippen molar-refractivity contribution in [3.63, 3.8) is 0 Å². The Labute approximate surface area is 176 Å². The van der Waals surface area contributed by atoms with Gasteiger partial charge in [-0.3, -0.25) is 4.21 Å². The Balaban J connectivity index is 1.86. The SMILES string of the molecule is O=S(c1ccccc1)c1ccccc1C(c1ccccc1)S(=O)c1ccccc1. The summed E-state index contributed by atoms with van der Waals surface area (Å²) in [6.45, 7) is 0. The van der Waals surface area contributed by atoms with E-state index in [0.29, 0.717) is 4.90 Å². The molecule has 29 heavy (non-hydrogen) atoms. The highest BCUT2D eigenvalue weighted by Gasteiger charge is 2.27. The third kappa shape index (κ3) is 4.29. The van der Waals surface area contributed by atoms with Gasteiger partial charge in [-0.15, -0.1) is 0 Å². The van der Waals surface area contributed by atoms with E-state index >= 15 is 0 Å². The van der Waals surface area contributed by atoms with Crippen LogP contribution in [0.25, 0.3) is 0 Å². The molecule has 0 fully saturated rings. The summed E-state index contributed by atoms with van der Waals surface area (Å²) in [4.78, 5) is 2.18. The average molecular weight is 417 g/mol. The highest BCUT2D eigenvalue weighted by atomic mass is 32.2. The number of rotatable bonds is 6. The fourth-order valence-corrected chi connectivity index (χ4v) is 6.15. The molecule has 4 heteroatoms. The summed E-state index contributed by atoms with van der Waals surface area (Å²) in [5, 5.41) is -0.414. The molecule has 0 heterocycles. The minimum Gasteiger partial charge on any atom is -0.253 e. The number of hydrogen-bond acceptors (Lipinski definition) is 2. The third-order valence-electron chi connectivity index (χ3n) is 4.65. The minimum absolute atomic E-state index is 0.414. The Morgan fingerprint density at radius 3 is 1.62 bits per heavy atom. The molecule has 144 valence electrons. The van der Waals surface area contributed by atoms with Crippen LogP contribution in [-0.4, -0.2) is 8.42 Å². The third-order valence-corrected chi connectivity index (χ3v) is 7.81. The summed E-state index contributed by atoms with van der Waals surface area (Å²) in [5.41, 5.74) is 1.76. The number of hydrogen-bond donors (Lipinski definition) is 0. The van der Waals surface area contributed by atoms with E-state index in [2.05, 4.69) is 0 Å². The second-order valence-corrected chi connectivity index (χ2v) is 9.51. The maximum absolute atomic E-state index is 13.7. The van der Waals surface area contributed by atoms with Gasteiger partial charge in [-0.1, -0.05) is 84.9 Å². The van der Waals surface area contributed by atoms with E-state index in [1.165, 1.54) is 0 Å². The van der Waals surface area contributed by atoms with Crippen LogP contribution in [0.15, 0.2) is 130 Å². The summed E-state index contributed by atoms with van der Waals surface area (Å²) in [6.07, 6.45) is 0. The minimum atomic E-state index is -1.36. The van der Waals surface area contributed by atoms with E-state index in [1.807, 2.05) is 115 Å². The van der Waals surface area contributed by atoms with Crippen LogP contribution < -0.4 is 0 Å². The maximum atomic E-state index is 13.7. The fourth-order valence-electron chi connectivity index (χ4n) is 3.27. The lowest BCUT2D eigenvalue weighted by atomic mass is 10.0. The Morgan fingerprint density at radius 2 is 1.00 bits per heavy atom. The first-order valence-electron chi connectivity index (χ1n) is 9.32. The zero-order valence-corrected chi connectivity index (χ0v) is 17.3. The van der Waals surface area contributed by atoms with E-state index in [0.717, 1.165) is 20.9 Å². The molecule has 0 aliphatic heterocycles. The fraction of sp³-hybridized carbons (Fsp3) is 0.0400. The molecule has 0 saturated heterocycles. The summed E-state index contributed by atoms with van der Waals surface area (Å²) < 4.78 is 27.0. The first kappa shape index (κ1) is 19.5. The Hall–Kier alpha value is -2.82. The van der Waals surface area contributed by atoms with Gasteiger partial charge in [-0.2, -0.15) is 0 Å². The van der Waals surface area contributed by atoms with Gasteiger partial charge in [-0.25, -0.2) is 4.21 Å². The second kappa shape index (κ2) is 9.12. The Bertz CT molecular complexity index is 1130. The van der Waals surface area contributed by atoms with Crippen molar-refractivity contribution in [2.45, 2.75) is 19.9 Å². The summed E-state index contributed by atoms with van der Waals surface area (Å²) >= 11 is 0. The van der Waals surface area contributed by atoms with Crippen molar-refractivity contribution < 1.29 is 8.42 Å². The normalized spacial score (nSPS) is 14.1. The standard InChI is InChI=1S/C25H20O2S2/c26-28(21-14-6-2-7-15-21)24-19-11-10-18-23(24)25(20-12-4-1-5-13-20)29(27)22-16-8-3-9-17-22/h1-19,25H. The molecular formula is C25H20O2S2. The Morgan fingerprint density at radius 1 is 0.517 bits per heavy atom. The van der Waals surface area contributed by atoms with Gasteiger partial charge >= 0.3 is 0 Å². The van der Waals surface area contributed by atoms with Crippen molar-refractivity contribution in [1.82, 2.24) is 0 Å². The van der Waals surface area contributed by atoms with Crippen LogP contribution in [0.3, 0.4) is 0 Å². The van der Waals surface area contributed by atoms with Crippen LogP contribution in [0.2, 0.25) is 0 Å². The molecule has 0 amide bonds. The van der Waals surface area contributed by atoms with Gasteiger partial charge in [0.05, 0.1) is 26.8 Å². The van der Waals surface area contributed by atoms with E-state index in [4.69, 9.17) is 0 Å². The maximum Gasteiger partial charge on any atom is 0.0905 e. The van der Waals surface area contributed by atoms with Gasteiger partial charge in [0.1, 0.15) is 0 Å². The van der Waals surface area contributed by atoms with Crippen molar-refractivity contribution in [2.75, 3.05) is 0 Å². The van der Waals surface area contributed by atoms with Crippen molar-refractivity contribution in [1.29, 1.82) is 0 Å². The van der Waals surface area contributed by atoms with Crippen LogP contribution in [0.4, 0.5) is 0 Å². The molecule has 0 bridgehead atoms. The quantitative estimate of drug-likeness (QED) is 0.401. The Kier molecular flexibility index (Phi) is 6.13. The van der Waals surface area contributed by atoms with E-state index in [-0.39, 0.29) is 0 Å². The zero-order valence-electron chi connectivity index (χ0n) is 15.7. The van der Waals surface area contributed by atoms with Crippen molar-refractivity contribution in [3.05, 3.63) is 126 Å². The molecule has 4 aromatic carbocycles. The molecule has 0 aliphatic carbocycles. The zero-order chi connectivity index (χ0) is 20.1. The predicted molar refractivity (Wildman–Crippen MR) is 119 cm³/mol. The van der Waals surface area contributed by atoms with Gasteiger partial charge in [0.15, 0.2) is 0 Å². The summed E-state index contributed by atoms with van der Waals surface area (Å²) in [6, 6.07) is 36.2. The van der Waals surface area contributed by atoms with Crippen LogP contribution in [-0.2, 0) is 21.6 Å². The second-order valence-electron chi connectivity index (χ2n) is 6.52. The highest BCUT2D eigenvalue weighted by Crippen LogP contribution is 2.36. The van der Waals surface area contributed by atoms with Gasteiger partial charge in [0.2, 0.25) is 0 Å². The smallest absolute Gasteiger partial charge is 0.0905 e. The molecule has 0 N–H and O–H groups in total. The van der Waals surface area contributed by atoms with Crippen LogP contribution in [0.1, 0.15) is 16.4 Å². The molecule has 2 nitrogen and oxygen atoms in total. The van der Waals surface area contributed by atoms with Gasteiger partial charge in [-0.05, 0) is 41.5 Å². The van der Waals surface area contributed by atoms with Gasteiger partial charge < -0.3 is 0 Å².